The number of nitrogen functional groups attached to an aromatic ring is 1. The van der Waals surface area contributed by atoms with Gasteiger partial charge in [-0.3, -0.25) is 0 Å². The number of anilines is 2. The summed E-state index contributed by atoms with van der Waals surface area (Å²) in [5, 5.41) is 12.8. The number of methoxy groups -OCH3 is 1. The van der Waals surface area contributed by atoms with Crippen molar-refractivity contribution >= 4 is 36.3 Å². The second-order valence-electron chi connectivity index (χ2n) is 6.60. The molecule has 2 aromatic heterocycles. The largest absolute Gasteiger partial charge is 0.497 e. The molecule has 0 aliphatic rings. The van der Waals surface area contributed by atoms with Gasteiger partial charge in [0.1, 0.15) is 11.3 Å². The first-order valence-corrected chi connectivity index (χ1v) is 9.27. The number of aliphatic hydroxyl groups excluding tert-OH is 1. The number of aliphatic hydroxyl groups is 1. The van der Waals surface area contributed by atoms with Crippen molar-refractivity contribution in [3.8, 4) is 5.75 Å². The van der Waals surface area contributed by atoms with Gasteiger partial charge in [-0.1, -0.05) is 25.5 Å². The van der Waals surface area contributed by atoms with E-state index in [1.165, 1.54) is 0 Å². The van der Waals surface area contributed by atoms with E-state index in [4.69, 9.17) is 10.5 Å². The second kappa shape index (κ2) is 10.2. The lowest BCUT2D eigenvalue weighted by molar-refractivity contribution is 0.276. The Morgan fingerprint density at radius 1 is 1.25 bits per heavy atom. The second-order valence-corrected chi connectivity index (χ2v) is 6.60. The van der Waals surface area contributed by atoms with Crippen molar-refractivity contribution < 1.29 is 9.84 Å². The number of benzene rings is 1. The van der Waals surface area contributed by atoms with Crippen LogP contribution in [0.15, 0.2) is 36.5 Å². The Kier molecular flexibility index (Phi) is 7.95. The number of ether oxygens (including phenoxy) is 1. The Morgan fingerprint density at radius 3 is 2.79 bits per heavy atom. The van der Waals surface area contributed by atoms with Gasteiger partial charge in [0, 0.05) is 25.4 Å². The molecule has 0 fully saturated rings. The molecule has 8 heteroatoms. The van der Waals surface area contributed by atoms with E-state index in [2.05, 4.69) is 32.8 Å². The normalized spacial score (nSPS) is 11.8. The number of rotatable bonds is 9. The van der Waals surface area contributed by atoms with E-state index in [-0.39, 0.29) is 32.1 Å². The number of hydrogen-bond donors (Lipinski definition) is 3. The summed E-state index contributed by atoms with van der Waals surface area (Å²) in [6, 6.07) is 10.1. The summed E-state index contributed by atoms with van der Waals surface area (Å²) in [6.45, 7) is 2.93. The zero-order chi connectivity index (χ0) is 19.2. The van der Waals surface area contributed by atoms with E-state index in [1.807, 2.05) is 30.5 Å². The number of aromatic nitrogens is 3. The molecule has 0 spiro atoms. The van der Waals surface area contributed by atoms with Gasteiger partial charge in [-0.25, -0.2) is 4.98 Å². The summed E-state index contributed by atoms with van der Waals surface area (Å²) >= 11 is 0. The summed E-state index contributed by atoms with van der Waals surface area (Å²) in [7, 11) is 1.66. The van der Waals surface area contributed by atoms with Gasteiger partial charge in [-0.05, 0) is 36.6 Å². The van der Waals surface area contributed by atoms with Crippen LogP contribution in [-0.4, -0.2) is 39.4 Å². The van der Waals surface area contributed by atoms with Gasteiger partial charge >= 0.3 is 0 Å². The lowest BCUT2D eigenvalue weighted by Crippen LogP contribution is -2.22. The van der Waals surface area contributed by atoms with Gasteiger partial charge in [0.2, 0.25) is 5.95 Å². The van der Waals surface area contributed by atoms with Crippen LogP contribution in [0.3, 0.4) is 0 Å². The van der Waals surface area contributed by atoms with Crippen LogP contribution in [0.1, 0.15) is 31.7 Å². The van der Waals surface area contributed by atoms with Gasteiger partial charge in [0.15, 0.2) is 5.82 Å². The molecule has 0 aliphatic carbocycles. The number of nitrogens with zero attached hydrogens (tertiary/aromatic N) is 3. The van der Waals surface area contributed by atoms with Crippen molar-refractivity contribution in [2.45, 2.75) is 38.8 Å². The molecule has 0 unspecified atom stereocenters. The van der Waals surface area contributed by atoms with Crippen LogP contribution < -0.4 is 15.8 Å². The summed E-state index contributed by atoms with van der Waals surface area (Å²) < 4.78 is 7.43. The minimum atomic E-state index is 0. The number of fused-ring (bicyclic) bond motifs is 1. The molecule has 2 heterocycles. The maximum atomic E-state index is 9.35. The molecule has 0 saturated heterocycles. The third kappa shape index (κ3) is 5.08. The SMILES string of the molecule is CCC[C@@H](CCO)Nc1nc(N)nc2ccn(Cc3cccc(OC)c3)c12.S. The van der Waals surface area contributed by atoms with Crippen molar-refractivity contribution in [1.82, 2.24) is 14.5 Å². The van der Waals surface area contributed by atoms with E-state index in [9.17, 15) is 5.11 Å². The zero-order valence-electron chi connectivity index (χ0n) is 16.4. The maximum Gasteiger partial charge on any atom is 0.222 e. The smallest absolute Gasteiger partial charge is 0.222 e. The van der Waals surface area contributed by atoms with E-state index >= 15 is 0 Å². The molecule has 0 aliphatic heterocycles. The molecule has 3 rings (SSSR count). The zero-order valence-corrected chi connectivity index (χ0v) is 17.4. The van der Waals surface area contributed by atoms with Crippen LogP contribution in [0.2, 0.25) is 0 Å². The van der Waals surface area contributed by atoms with E-state index in [1.54, 1.807) is 7.11 Å². The molecule has 1 atom stereocenters. The molecular formula is C20H29N5O2S. The van der Waals surface area contributed by atoms with Crippen LogP contribution in [0.4, 0.5) is 11.8 Å². The molecule has 3 aromatic rings. The highest BCUT2D eigenvalue weighted by atomic mass is 32.1. The molecule has 0 radical (unpaired) electrons. The predicted molar refractivity (Wildman–Crippen MR) is 118 cm³/mol. The fourth-order valence-electron chi connectivity index (χ4n) is 3.31. The highest BCUT2D eigenvalue weighted by Gasteiger charge is 2.15. The molecule has 152 valence electrons. The third-order valence-electron chi connectivity index (χ3n) is 4.57. The molecule has 0 bridgehead atoms. The van der Waals surface area contributed by atoms with Gasteiger partial charge in [-0.2, -0.15) is 18.5 Å². The highest BCUT2D eigenvalue weighted by Crippen LogP contribution is 2.26. The standard InChI is InChI=1S/C20H27N5O2.H2S/c1-3-5-15(9-11-26)22-19-18-17(23-20(21)24-19)8-10-25(18)13-14-6-4-7-16(12-14)27-2;/h4,6-8,10,12,15,26H,3,5,9,11,13H2,1-2H3,(H3,21,22,23,24);1H2/t15-;/m0./s1. The highest BCUT2D eigenvalue weighted by molar-refractivity contribution is 7.59. The first kappa shape index (κ1) is 21.8. The minimum Gasteiger partial charge on any atom is -0.497 e. The molecule has 1 aromatic carbocycles. The van der Waals surface area contributed by atoms with Crippen molar-refractivity contribution in [2.75, 3.05) is 24.8 Å². The van der Waals surface area contributed by atoms with Crippen molar-refractivity contribution in [3.63, 3.8) is 0 Å². The summed E-state index contributed by atoms with van der Waals surface area (Å²) in [5.74, 6) is 1.77. The predicted octanol–water partition coefficient (Wildman–Crippen LogP) is 3.15. The van der Waals surface area contributed by atoms with Crippen LogP contribution in [-0.2, 0) is 6.54 Å². The molecule has 0 saturated carbocycles. The number of nitrogens with one attached hydrogen (secondary N) is 1. The average molecular weight is 404 g/mol. The van der Waals surface area contributed by atoms with Gasteiger partial charge < -0.3 is 25.5 Å². The minimum absolute atomic E-state index is 0. The molecule has 7 nitrogen and oxygen atoms in total. The molecule has 4 N–H and O–H groups in total. The van der Waals surface area contributed by atoms with Crippen molar-refractivity contribution in [1.29, 1.82) is 0 Å². The van der Waals surface area contributed by atoms with Crippen LogP contribution in [0.25, 0.3) is 11.0 Å². The van der Waals surface area contributed by atoms with Crippen LogP contribution in [0.5, 0.6) is 5.75 Å². The fourth-order valence-corrected chi connectivity index (χ4v) is 3.31. The number of nitrogens with two attached hydrogens (primary N) is 1. The Hall–Kier alpha value is -2.45. The Bertz CT molecular complexity index is 893. The van der Waals surface area contributed by atoms with Crippen molar-refractivity contribution in [2.24, 2.45) is 0 Å². The first-order valence-electron chi connectivity index (χ1n) is 9.27. The Balaban J connectivity index is 0.00000280. The Morgan fingerprint density at radius 2 is 2.07 bits per heavy atom. The molecule has 0 amide bonds. The summed E-state index contributed by atoms with van der Waals surface area (Å²) in [4.78, 5) is 8.81. The lowest BCUT2D eigenvalue weighted by atomic mass is 10.1. The van der Waals surface area contributed by atoms with Gasteiger partial charge in [0.25, 0.3) is 0 Å². The fraction of sp³-hybridized carbons (Fsp3) is 0.400. The van der Waals surface area contributed by atoms with E-state index < -0.39 is 0 Å². The van der Waals surface area contributed by atoms with E-state index in [0.717, 1.165) is 35.2 Å². The first-order chi connectivity index (χ1) is 13.1. The third-order valence-corrected chi connectivity index (χ3v) is 4.57. The van der Waals surface area contributed by atoms with Gasteiger partial charge in [-0.15, -0.1) is 0 Å². The monoisotopic (exact) mass is 403 g/mol. The van der Waals surface area contributed by atoms with Crippen LogP contribution >= 0.6 is 13.5 Å². The lowest BCUT2D eigenvalue weighted by Gasteiger charge is -2.19. The quantitative estimate of drug-likeness (QED) is 0.508. The maximum absolute atomic E-state index is 9.35. The molecular weight excluding hydrogens is 374 g/mol. The average Bonchev–Trinajstić information content (AvgIpc) is 3.05. The van der Waals surface area contributed by atoms with Gasteiger partial charge in [0.05, 0.1) is 12.6 Å². The summed E-state index contributed by atoms with van der Waals surface area (Å²) in [6.07, 6.45) is 4.62. The number of hydrogen-bond acceptors (Lipinski definition) is 6. The Labute approximate surface area is 172 Å². The summed E-state index contributed by atoms with van der Waals surface area (Å²) in [5.41, 5.74) is 8.74. The van der Waals surface area contributed by atoms with Crippen LogP contribution in [0, 0.1) is 0 Å². The topological polar surface area (TPSA) is 98.2 Å². The molecule has 28 heavy (non-hydrogen) atoms. The van der Waals surface area contributed by atoms with E-state index in [0.29, 0.717) is 18.8 Å². The van der Waals surface area contributed by atoms with Crippen molar-refractivity contribution in [3.05, 3.63) is 42.1 Å².